The van der Waals surface area contributed by atoms with Crippen molar-refractivity contribution in [1.29, 1.82) is 0 Å². The number of aliphatic hydroxyl groups excluding tert-OH is 2. The van der Waals surface area contributed by atoms with Crippen LogP contribution in [0.3, 0.4) is 0 Å². The number of amides is 9. The van der Waals surface area contributed by atoms with E-state index in [0.29, 0.717) is 36.1 Å². The van der Waals surface area contributed by atoms with Crippen LogP contribution in [0.5, 0.6) is 11.5 Å². The zero-order valence-electron chi connectivity index (χ0n) is 46.2. The van der Waals surface area contributed by atoms with E-state index in [1.165, 1.54) is 48.5 Å². The number of carboxylic acid groups (broad SMARTS) is 2. The standard InChI is InChI=1S/C55H77N11O17/c1-29(2)45(55(82)83)65-51(78)40(26-32-12-16-34(69)17-13-32)61-50(77)39(25-31-9-5-4-6-10-31)63-54(81)46(30(3)68)66-52(79)41(27-33-14-18-35(70)19-15-33)62-53(80)42(28-67)64-49(76)38(21-23-44(72)73)60-48(75)37(20-22-43(58)71)59-47(74)36(57)11-7-8-24-56/h4-6,9-10,12-19,29-30,36-42,45-46,67-70H,7-8,11,20-28,56-57H2,1-3H3,(H2,58,71)(H,59,74)(H,60,75)(H,61,77)(H,62,80)(H,63,81)(H,64,76)(H,65,78)(H,66,79)(H,72,73)(H,82,83)/t30-,36+,37+,38+,39+,40+,41+,42+,45+,46+/m1/s1. The number of unbranched alkanes of at least 4 members (excludes halogenated alkanes) is 1. The van der Waals surface area contributed by atoms with E-state index in [1.807, 2.05) is 0 Å². The third-order valence-electron chi connectivity index (χ3n) is 12.9. The molecule has 3 aromatic rings. The lowest BCUT2D eigenvalue weighted by atomic mass is 10.00. The molecule has 0 spiro atoms. The number of phenolic OH excluding ortho intramolecular Hbond substituents is 2. The number of nitrogens with one attached hydrogen (secondary N) is 8. The fourth-order valence-corrected chi connectivity index (χ4v) is 8.19. The number of carboxylic acids is 2. The Kier molecular flexibility index (Phi) is 28.5. The smallest absolute Gasteiger partial charge is 0.326 e. The largest absolute Gasteiger partial charge is 0.508 e. The summed E-state index contributed by atoms with van der Waals surface area (Å²) in [4.78, 5) is 147. The highest BCUT2D eigenvalue weighted by Gasteiger charge is 2.37. The summed E-state index contributed by atoms with van der Waals surface area (Å²) >= 11 is 0. The van der Waals surface area contributed by atoms with E-state index in [4.69, 9.17) is 17.2 Å². The summed E-state index contributed by atoms with van der Waals surface area (Å²) in [5.41, 5.74) is 18.0. The van der Waals surface area contributed by atoms with Gasteiger partial charge in [-0.15, -0.1) is 0 Å². The number of hydrogen-bond acceptors (Lipinski definition) is 17. The van der Waals surface area contributed by atoms with Crippen molar-refractivity contribution in [1.82, 2.24) is 42.5 Å². The van der Waals surface area contributed by atoms with Crippen LogP contribution in [-0.2, 0) is 72.0 Å². The van der Waals surface area contributed by atoms with Gasteiger partial charge in [0.25, 0.3) is 0 Å². The summed E-state index contributed by atoms with van der Waals surface area (Å²) in [5, 5.41) is 79.9. The Balaban J connectivity index is 1.95. The molecular weight excluding hydrogens is 1090 g/mol. The molecule has 9 amide bonds. The highest BCUT2D eigenvalue weighted by Crippen LogP contribution is 2.16. The van der Waals surface area contributed by atoms with Crippen LogP contribution < -0.4 is 59.7 Å². The minimum atomic E-state index is -1.94. The van der Waals surface area contributed by atoms with Crippen molar-refractivity contribution in [2.75, 3.05) is 13.2 Å². The molecule has 0 aliphatic heterocycles. The number of phenols is 2. The maximum absolute atomic E-state index is 14.4. The van der Waals surface area contributed by atoms with E-state index in [0.717, 1.165) is 6.92 Å². The number of aromatic hydroxyl groups is 2. The van der Waals surface area contributed by atoms with Crippen LogP contribution >= 0.6 is 0 Å². The number of rotatable bonds is 36. The molecular formula is C55H77N11O17. The molecule has 0 saturated heterocycles. The van der Waals surface area contributed by atoms with E-state index in [2.05, 4.69) is 42.5 Å². The first-order valence-corrected chi connectivity index (χ1v) is 26.7. The first-order valence-electron chi connectivity index (χ1n) is 26.7. The first-order chi connectivity index (χ1) is 39.2. The predicted octanol–water partition coefficient (Wildman–Crippen LogP) is -3.30. The van der Waals surface area contributed by atoms with Gasteiger partial charge in [0.1, 0.15) is 59.8 Å². The number of aliphatic hydroxyl groups is 2. The summed E-state index contributed by atoms with van der Waals surface area (Å²) in [7, 11) is 0. The van der Waals surface area contributed by atoms with Gasteiger partial charge in [-0.05, 0) is 86.0 Å². The van der Waals surface area contributed by atoms with Gasteiger partial charge in [-0.2, -0.15) is 0 Å². The Morgan fingerprint density at radius 2 is 0.855 bits per heavy atom. The molecule has 0 saturated carbocycles. The quantitative estimate of drug-likeness (QED) is 0.0254. The molecule has 10 atom stereocenters. The number of carbonyl (C=O) groups excluding carboxylic acids is 9. The van der Waals surface area contributed by atoms with Crippen LogP contribution in [0.1, 0.15) is 82.4 Å². The number of carbonyl (C=O) groups is 11. The summed E-state index contributed by atoms with van der Waals surface area (Å²) in [6.45, 7) is 3.41. The molecule has 20 N–H and O–H groups in total. The second-order valence-electron chi connectivity index (χ2n) is 20.1. The third kappa shape index (κ3) is 24.1. The van der Waals surface area contributed by atoms with E-state index in [1.54, 1.807) is 44.2 Å². The number of hydrogen-bond donors (Lipinski definition) is 17. The van der Waals surface area contributed by atoms with E-state index >= 15 is 0 Å². The van der Waals surface area contributed by atoms with Crippen LogP contribution in [0, 0.1) is 5.92 Å². The third-order valence-corrected chi connectivity index (χ3v) is 12.9. The van der Waals surface area contributed by atoms with Gasteiger partial charge in [0.2, 0.25) is 53.2 Å². The van der Waals surface area contributed by atoms with Gasteiger partial charge in [0.15, 0.2) is 0 Å². The first kappa shape index (κ1) is 68.5. The molecule has 0 aromatic heterocycles. The van der Waals surface area contributed by atoms with Gasteiger partial charge in [-0.3, -0.25) is 47.9 Å². The van der Waals surface area contributed by atoms with Crippen molar-refractivity contribution in [3.05, 3.63) is 95.6 Å². The predicted molar refractivity (Wildman–Crippen MR) is 297 cm³/mol. The molecule has 0 radical (unpaired) electrons. The summed E-state index contributed by atoms with van der Waals surface area (Å²) in [5.74, 6) is -13.0. The highest BCUT2D eigenvalue weighted by molar-refractivity contribution is 5.98. The van der Waals surface area contributed by atoms with Gasteiger partial charge >= 0.3 is 11.9 Å². The summed E-state index contributed by atoms with van der Waals surface area (Å²) in [6, 6.07) is 4.77. The molecule has 0 fully saturated rings. The molecule has 0 unspecified atom stereocenters. The number of primary amides is 1. The second-order valence-corrected chi connectivity index (χ2v) is 20.1. The molecule has 0 aliphatic rings. The van der Waals surface area contributed by atoms with Gasteiger partial charge in [0, 0.05) is 32.1 Å². The normalized spacial score (nSPS) is 14.7. The lowest BCUT2D eigenvalue weighted by Crippen LogP contribution is -2.62. The van der Waals surface area contributed by atoms with Crippen LogP contribution in [0.25, 0.3) is 0 Å². The van der Waals surface area contributed by atoms with E-state index in [9.17, 15) is 83.4 Å². The minimum absolute atomic E-state index is 0.0981. The number of benzene rings is 3. The average Bonchev–Trinajstić information content (AvgIpc) is 3.63. The topological polar surface area (TPSA) is 483 Å². The molecule has 3 rings (SSSR count). The van der Waals surface area contributed by atoms with Crippen molar-refractivity contribution in [2.45, 2.75) is 145 Å². The van der Waals surface area contributed by atoms with Crippen LogP contribution in [-0.4, -0.2) is 169 Å². The SMILES string of the molecule is CC(C)[C@H](NC(=O)[C@H](Cc1ccc(O)cc1)NC(=O)[C@H](Cc1ccccc1)NC(=O)[C@@H](NC(=O)[C@H](Cc1ccc(O)cc1)NC(=O)[C@H](CO)NC(=O)[C@H](CCC(=O)O)NC(=O)[C@H](CCC(N)=O)NC(=O)[C@@H](N)CCCCN)[C@@H](C)O)C(=O)O. The molecule has 0 heterocycles. The van der Waals surface area contributed by atoms with Gasteiger partial charge in [0.05, 0.1) is 18.8 Å². The molecule has 0 aliphatic carbocycles. The van der Waals surface area contributed by atoms with Crippen LogP contribution in [0.2, 0.25) is 0 Å². The maximum atomic E-state index is 14.4. The average molecular weight is 1160 g/mol. The maximum Gasteiger partial charge on any atom is 0.326 e. The Bertz CT molecular complexity index is 2680. The molecule has 83 heavy (non-hydrogen) atoms. The van der Waals surface area contributed by atoms with Gasteiger partial charge in [-0.1, -0.05) is 74.9 Å². The van der Waals surface area contributed by atoms with Crippen molar-refractivity contribution in [3.8, 4) is 11.5 Å². The number of aliphatic carboxylic acids is 2. The Morgan fingerprint density at radius 3 is 1.28 bits per heavy atom. The molecule has 454 valence electrons. The molecule has 3 aromatic carbocycles. The van der Waals surface area contributed by atoms with Crippen molar-refractivity contribution < 1.29 is 83.4 Å². The van der Waals surface area contributed by atoms with Crippen molar-refractivity contribution in [2.24, 2.45) is 23.1 Å². The number of nitrogens with two attached hydrogens (primary N) is 3. The zero-order chi connectivity index (χ0) is 61.9. The van der Waals surface area contributed by atoms with Crippen molar-refractivity contribution in [3.63, 3.8) is 0 Å². The Morgan fingerprint density at radius 1 is 0.470 bits per heavy atom. The lowest BCUT2D eigenvalue weighted by Gasteiger charge is -2.29. The van der Waals surface area contributed by atoms with E-state index < -0.39 is 164 Å². The zero-order valence-corrected chi connectivity index (χ0v) is 46.2. The minimum Gasteiger partial charge on any atom is -0.508 e. The fourth-order valence-electron chi connectivity index (χ4n) is 8.19. The fraction of sp³-hybridized carbons (Fsp3) is 0.473. The Hall–Kier alpha value is -8.73. The molecule has 28 nitrogen and oxygen atoms in total. The monoisotopic (exact) mass is 1160 g/mol. The molecule has 28 heteroatoms. The molecule has 0 bridgehead atoms. The second kappa shape index (κ2) is 34.5. The summed E-state index contributed by atoms with van der Waals surface area (Å²) in [6.07, 6.45) is -3.52. The van der Waals surface area contributed by atoms with Crippen LogP contribution in [0.15, 0.2) is 78.9 Å². The Labute approximate surface area is 478 Å². The van der Waals surface area contributed by atoms with Crippen molar-refractivity contribution >= 4 is 65.1 Å². The van der Waals surface area contributed by atoms with E-state index in [-0.39, 0.29) is 37.2 Å². The van der Waals surface area contributed by atoms with Crippen LogP contribution in [0.4, 0.5) is 0 Å². The summed E-state index contributed by atoms with van der Waals surface area (Å²) < 4.78 is 0. The lowest BCUT2D eigenvalue weighted by molar-refractivity contribution is -0.143. The van der Waals surface area contributed by atoms with Gasteiger partial charge < -0.3 is 90.4 Å². The van der Waals surface area contributed by atoms with Gasteiger partial charge in [-0.25, -0.2) is 4.79 Å². The highest BCUT2D eigenvalue weighted by atomic mass is 16.4.